The molecule has 0 atom stereocenters. The average Bonchev–Trinajstić information content (AvgIpc) is 2.52. The Morgan fingerprint density at radius 2 is 0.704 bits per heavy atom. The molecule has 0 saturated heterocycles. The van der Waals surface area contributed by atoms with Crippen LogP contribution in [0.3, 0.4) is 0 Å². The summed E-state index contributed by atoms with van der Waals surface area (Å²) in [5.74, 6) is -0.387. The Kier molecular flexibility index (Phi) is 27.0. The largest absolute Gasteiger partial charge is 2.00 e. The van der Waals surface area contributed by atoms with Crippen molar-refractivity contribution in [3.63, 3.8) is 0 Å². The molecule has 0 aliphatic carbocycles. The van der Waals surface area contributed by atoms with Crippen molar-refractivity contribution < 1.29 is 25.9 Å². The normalized spacial score (nSPS) is 11.4. The molecule has 0 bridgehead atoms. The maximum atomic E-state index is 10.2. The number of hydrogen-bond acceptors (Lipinski definition) is 6. The summed E-state index contributed by atoms with van der Waals surface area (Å²) in [7, 11) is -7.94. The van der Waals surface area contributed by atoms with Crippen LogP contribution in [0, 0.1) is 0 Å². The molecule has 0 aromatic carbocycles. The van der Waals surface area contributed by atoms with Crippen molar-refractivity contribution in [3.05, 3.63) is 0 Å². The summed E-state index contributed by atoms with van der Waals surface area (Å²) in [5.41, 5.74) is 0. The molecule has 0 aliphatic heterocycles. The first-order chi connectivity index (χ1) is 12.1. The minimum absolute atomic E-state index is 0. The van der Waals surface area contributed by atoms with Crippen LogP contribution in [0.15, 0.2) is 0 Å². The Labute approximate surface area is 208 Å². The van der Waals surface area contributed by atoms with Crippen LogP contribution < -0.4 is 0 Å². The zero-order valence-electron chi connectivity index (χ0n) is 17.3. The Balaban J connectivity index is -0.000000411. The van der Waals surface area contributed by atoms with Gasteiger partial charge < -0.3 is 9.11 Å². The molecular formula is C18H38BaO6S2. The van der Waals surface area contributed by atoms with E-state index in [2.05, 4.69) is 13.8 Å². The number of unbranched alkanes of at least 4 members (excludes halogenated alkanes) is 12. The molecule has 0 N–H and O–H groups in total. The molecule has 160 valence electrons. The summed E-state index contributed by atoms with van der Waals surface area (Å²) in [6.45, 7) is 4.31. The van der Waals surface area contributed by atoms with Gasteiger partial charge >= 0.3 is 48.9 Å². The van der Waals surface area contributed by atoms with Crippen LogP contribution in [-0.2, 0) is 20.2 Å². The molecule has 9 heteroatoms. The predicted octanol–water partition coefficient (Wildman–Crippen LogP) is 4.18. The van der Waals surface area contributed by atoms with Crippen LogP contribution in [0.4, 0.5) is 0 Å². The molecule has 0 aromatic heterocycles. The first-order valence-corrected chi connectivity index (χ1v) is 13.1. The molecular weight excluding hydrogens is 514 g/mol. The van der Waals surface area contributed by atoms with Gasteiger partial charge in [-0.15, -0.1) is 0 Å². The zero-order chi connectivity index (χ0) is 20.3. The van der Waals surface area contributed by atoms with Crippen LogP contribution in [-0.4, -0.2) is 86.3 Å². The second-order valence-corrected chi connectivity index (χ2v) is 9.81. The standard InChI is InChI=1S/2C9H20O3S.Ba/c2*1-2-3-4-5-6-7-8-9-13(10,11)12;/h2*2-9H2,1H3,(H,10,11,12);/q;;+2/p-2. The molecule has 0 aromatic rings. The van der Waals surface area contributed by atoms with Gasteiger partial charge in [0.15, 0.2) is 0 Å². The molecule has 0 aliphatic rings. The molecule has 0 spiro atoms. The van der Waals surface area contributed by atoms with E-state index in [9.17, 15) is 25.9 Å². The monoisotopic (exact) mass is 552 g/mol. The first-order valence-electron chi connectivity index (χ1n) is 9.99. The summed E-state index contributed by atoms with van der Waals surface area (Å²) in [5, 5.41) is 0. The predicted molar refractivity (Wildman–Crippen MR) is 111 cm³/mol. The first kappa shape index (κ1) is 33.0. The average molecular weight is 552 g/mol. The second kappa shape index (κ2) is 22.1. The van der Waals surface area contributed by atoms with Crippen LogP contribution in [0.1, 0.15) is 104 Å². The third-order valence-corrected chi connectivity index (χ3v) is 5.57. The molecule has 0 amide bonds. The van der Waals surface area contributed by atoms with Crippen molar-refractivity contribution in [2.45, 2.75) is 104 Å². The van der Waals surface area contributed by atoms with Gasteiger partial charge in [-0.3, -0.25) is 0 Å². The van der Waals surface area contributed by atoms with Gasteiger partial charge in [0.1, 0.15) is 0 Å². The summed E-state index contributed by atoms with van der Waals surface area (Å²) in [6.07, 6.45) is 14.6. The van der Waals surface area contributed by atoms with Crippen LogP contribution >= 0.6 is 0 Å². The Hall–Kier alpha value is 1.39. The summed E-state index contributed by atoms with van der Waals surface area (Å²) >= 11 is 0. The number of rotatable bonds is 16. The van der Waals surface area contributed by atoms with Gasteiger partial charge in [-0.2, -0.15) is 0 Å². The quantitative estimate of drug-likeness (QED) is 0.161. The van der Waals surface area contributed by atoms with E-state index in [1.54, 1.807) is 0 Å². The third kappa shape index (κ3) is 38.6. The zero-order valence-corrected chi connectivity index (χ0v) is 23.4. The van der Waals surface area contributed by atoms with Crippen molar-refractivity contribution >= 4 is 69.1 Å². The van der Waals surface area contributed by atoms with Crippen molar-refractivity contribution in [3.8, 4) is 0 Å². The van der Waals surface area contributed by atoms with Crippen molar-refractivity contribution in [1.29, 1.82) is 0 Å². The van der Waals surface area contributed by atoms with Gasteiger partial charge in [-0.1, -0.05) is 90.9 Å². The molecule has 0 radical (unpaired) electrons. The Morgan fingerprint density at radius 1 is 0.481 bits per heavy atom. The molecule has 0 fully saturated rings. The van der Waals surface area contributed by atoms with E-state index in [4.69, 9.17) is 0 Å². The van der Waals surface area contributed by atoms with Crippen molar-refractivity contribution in [1.82, 2.24) is 0 Å². The van der Waals surface area contributed by atoms with Crippen LogP contribution in [0.2, 0.25) is 0 Å². The van der Waals surface area contributed by atoms with Crippen molar-refractivity contribution in [2.75, 3.05) is 11.5 Å². The topological polar surface area (TPSA) is 114 Å². The van der Waals surface area contributed by atoms with Gasteiger partial charge in [-0.05, 0) is 12.8 Å². The minimum atomic E-state index is -3.97. The van der Waals surface area contributed by atoms with Gasteiger partial charge in [-0.25, -0.2) is 16.8 Å². The van der Waals surface area contributed by atoms with E-state index in [-0.39, 0.29) is 60.4 Å². The molecule has 0 saturated carbocycles. The van der Waals surface area contributed by atoms with E-state index in [0.717, 1.165) is 38.5 Å². The van der Waals surface area contributed by atoms with Gasteiger partial charge in [0.25, 0.3) is 0 Å². The molecule has 6 nitrogen and oxygen atoms in total. The minimum Gasteiger partial charge on any atom is -0.748 e. The van der Waals surface area contributed by atoms with E-state index in [1.807, 2.05) is 0 Å². The van der Waals surface area contributed by atoms with E-state index < -0.39 is 20.2 Å². The fourth-order valence-corrected chi connectivity index (χ4v) is 3.59. The third-order valence-electron chi connectivity index (χ3n) is 4.00. The molecule has 27 heavy (non-hydrogen) atoms. The number of hydrogen-bond donors (Lipinski definition) is 0. The van der Waals surface area contributed by atoms with Gasteiger partial charge in [0.2, 0.25) is 0 Å². The van der Waals surface area contributed by atoms with Crippen LogP contribution in [0.5, 0.6) is 0 Å². The maximum absolute atomic E-state index is 10.2. The van der Waals surface area contributed by atoms with Crippen molar-refractivity contribution in [2.24, 2.45) is 0 Å². The fourth-order valence-electron chi connectivity index (χ4n) is 2.47. The summed E-state index contributed by atoms with van der Waals surface area (Å²) in [4.78, 5) is 0. The molecule has 0 unspecified atom stereocenters. The summed E-state index contributed by atoms with van der Waals surface area (Å²) < 4.78 is 61.3. The summed E-state index contributed by atoms with van der Waals surface area (Å²) in [6, 6.07) is 0. The Bertz CT molecular complexity index is 446. The second-order valence-electron chi connectivity index (χ2n) is 6.77. The van der Waals surface area contributed by atoms with E-state index >= 15 is 0 Å². The molecule has 0 heterocycles. The Morgan fingerprint density at radius 3 is 0.926 bits per heavy atom. The maximum Gasteiger partial charge on any atom is 2.00 e. The molecule has 0 rings (SSSR count). The van der Waals surface area contributed by atoms with Gasteiger partial charge in [0, 0.05) is 11.5 Å². The fraction of sp³-hybridized carbons (Fsp3) is 1.00. The van der Waals surface area contributed by atoms with E-state index in [1.165, 1.54) is 38.5 Å². The SMILES string of the molecule is CCCCCCCCCS(=O)(=O)[O-].CCCCCCCCCS(=O)(=O)[O-].[Ba+2]. The van der Waals surface area contributed by atoms with Crippen LogP contribution in [0.25, 0.3) is 0 Å². The van der Waals surface area contributed by atoms with Gasteiger partial charge in [0.05, 0.1) is 20.2 Å². The smallest absolute Gasteiger partial charge is 0.748 e. The van der Waals surface area contributed by atoms with E-state index in [0.29, 0.717) is 12.8 Å².